The van der Waals surface area contributed by atoms with E-state index in [9.17, 15) is 9.59 Å². The zero-order valence-electron chi connectivity index (χ0n) is 8.65. The van der Waals surface area contributed by atoms with Crippen LogP contribution in [0.15, 0.2) is 5.16 Å². The lowest BCUT2D eigenvalue weighted by Crippen LogP contribution is -2.29. The normalized spacial score (nSPS) is 13.2. The average molecular weight is 254 g/mol. The first-order valence-electron chi connectivity index (χ1n) is 4.00. The van der Waals surface area contributed by atoms with Gasteiger partial charge in [-0.25, -0.2) is 4.79 Å². The van der Waals surface area contributed by atoms with Gasteiger partial charge in [-0.15, -0.1) is 23.4 Å². The van der Waals surface area contributed by atoms with Gasteiger partial charge in [0.1, 0.15) is 12.5 Å². The van der Waals surface area contributed by atoms with Crippen molar-refractivity contribution < 1.29 is 19.2 Å². The van der Waals surface area contributed by atoms with Crippen molar-refractivity contribution in [1.29, 1.82) is 0 Å². The van der Waals surface area contributed by atoms with Crippen LogP contribution >= 0.6 is 23.4 Å². The van der Waals surface area contributed by atoms with Gasteiger partial charge in [0.2, 0.25) is 11.5 Å². The van der Waals surface area contributed by atoms with E-state index in [4.69, 9.17) is 16.3 Å². The topological polar surface area (TPSA) is 65.0 Å². The van der Waals surface area contributed by atoms with E-state index in [1.165, 1.54) is 18.9 Å². The van der Waals surface area contributed by atoms with Gasteiger partial charge in [0.25, 0.3) is 0 Å². The monoisotopic (exact) mass is 253 g/mol. The third-order valence-electron chi connectivity index (χ3n) is 1.37. The number of esters is 1. The highest BCUT2D eigenvalue weighted by molar-refractivity contribution is 7.99. The highest BCUT2D eigenvalue weighted by Crippen LogP contribution is 2.07. The Morgan fingerprint density at radius 3 is 2.53 bits per heavy atom. The van der Waals surface area contributed by atoms with Crippen molar-refractivity contribution in [2.24, 2.45) is 5.16 Å². The van der Waals surface area contributed by atoms with Crippen LogP contribution in [0.2, 0.25) is 0 Å². The second kappa shape index (κ2) is 7.53. The minimum absolute atomic E-state index is 0.342. The van der Waals surface area contributed by atoms with E-state index in [0.717, 1.165) is 0 Å². The lowest BCUT2D eigenvalue weighted by molar-refractivity contribution is -0.137. The number of ketones is 1. The van der Waals surface area contributed by atoms with Gasteiger partial charge in [-0.2, -0.15) is 0 Å². The summed E-state index contributed by atoms with van der Waals surface area (Å²) < 4.78 is 4.87. The smallest absolute Gasteiger partial charge is 0.365 e. The molecule has 0 bridgehead atoms. The lowest BCUT2D eigenvalue weighted by atomic mass is 10.3. The molecule has 1 unspecified atom stereocenters. The zero-order chi connectivity index (χ0) is 11.8. The molecule has 1 atom stereocenters. The van der Waals surface area contributed by atoms with Crippen LogP contribution in [0.4, 0.5) is 0 Å². The third kappa shape index (κ3) is 5.03. The molecule has 0 rings (SSSR count). The maximum atomic E-state index is 11.4. The van der Waals surface area contributed by atoms with Gasteiger partial charge >= 0.3 is 5.97 Å². The second-order valence-corrected chi connectivity index (χ2v) is 3.79. The maximum absolute atomic E-state index is 11.4. The maximum Gasteiger partial charge on any atom is 0.365 e. The van der Waals surface area contributed by atoms with Crippen LogP contribution in [0.1, 0.15) is 6.92 Å². The van der Waals surface area contributed by atoms with E-state index in [1.807, 2.05) is 0 Å². The van der Waals surface area contributed by atoms with Crippen molar-refractivity contribution in [2.75, 3.05) is 19.2 Å². The molecule has 0 saturated carbocycles. The summed E-state index contributed by atoms with van der Waals surface area (Å²) in [5, 5.41) is 3.28. The molecule has 86 valence electrons. The standard InChI is InChI=1S/C8H12ClNO4S/c1-5(15-3)14-8(12)7(10-13-2)6(11)4-9/h5H,4H2,1-3H3/b10-7-. The second-order valence-electron chi connectivity index (χ2n) is 2.39. The zero-order valence-corrected chi connectivity index (χ0v) is 10.2. The first-order chi connectivity index (χ1) is 7.06. The molecular formula is C8H12ClNO4S. The molecule has 0 aromatic carbocycles. The molecule has 0 heterocycles. The molecule has 0 aliphatic carbocycles. The van der Waals surface area contributed by atoms with E-state index in [1.54, 1.807) is 13.2 Å². The molecule has 5 nitrogen and oxygen atoms in total. The van der Waals surface area contributed by atoms with Crippen molar-refractivity contribution in [2.45, 2.75) is 12.4 Å². The fraction of sp³-hybridized carbons (Fsp3) is 0.625. The Labute approximate surface area is 97.1 Å². The van der Waals surface area contributed by atoms with Gasteiger partial charge < -0.3 is 9.57 Å². The van der Waals surface area contributed by atoms with E-state index in [2.05, 4.69) is 9.99 Å². The number of ether oxygens (including phenoxy) is 1. The van der Waals surface area contributed by atoms with Crippen molar-refractivity contribution in [3.8, 4) is 0 Å². The van der Waals surface area contributed by atoms with Crippen LogP contribution in [0.5, 0.6) is 0 Å². The van der Waals surface area contributed by atoms with Crippen LogP contribution < -0.4 is 0 Å². The number of thioether (sulfide) groups is 1. The Morgan fingerprint density at radius 1 is 1.53 bits per heavy atom. The van der Waals surface area contributed by atoms with Gasteiger partial charge in [0.15, 0.2) is 0 Å². The third-order valence-corrected chi connectivity index (χ3v) is 2.37. The van der Waals surface area contributed by atoms with Crippen molar-refractivity contribution >= 4 is 40.8 Å². The van der Waals surface area contributed by atoms with Crippen LogP contribution in [0.25, 0.3) is 0 Å². The Balaban J connectivity index is 4.58. The van der Waals surface area contributed by atoms with E-state index < -0.39 is 17.5 Å². The van der Waals surface area contributed by atoms with Gasteiger partial charge in [0, 0.05) is 0 Å². The van der Waals surface area contributed by atoms with Crippen molar-refractivity contribution in [3.63, 3.8) is 0 Å². The number of carbonyl (C=O) groups excluding carboxylic acids is 2. The summed E-state index contributed by atoms with van der Waals surface area (Å²) in [6.45, 7) is 1.68. The Kier molecular flexibility index (Phi) is 7.15. The molecule has 0 spiro atoms. The number of rotatable bonds is 6. The van der Waals surface area contributed by atoms with Crippen LogP contribution in [-0.4, -0.2) is 42.1 Å². The highest BCUT2D eigenvalue weighted by atomic mass is 35.5. The van der Waals surface area contributed by atoms with Gasteiger partial charge in [0.05, 0.1) is 5.88 Å². The average Bonchev–Trinajstić information content (AvgIpc) is 2.24. The van der Waals surface area contributed by atoms with E-state index >= 15 is 0 Å². The number of hydrogen-bond donors (Lipinski definition) is 0. The first-order valence-corrected chi connectivity index (χ1v) is 5.83. The number of halogens is 1. The predicted octanol–water partition coefficient (Wildman–Crippen LogP) is 1.05. The number of nitrogens with zero attached hydrogens (tertiary/aromatic N) is 1. The lowest BCUT2D eigenvalue weighted by Gasteiger charge is -2.09. The van der Waals surface area contributed by atoms with Gasteiger partial charge in [-0.3, -0.25) is 4.79 Å². The molecule has 0 aliphatic heterocycles. The summed E-state index contributed by atoms with van der Waals surface area (Å²) in [5.41, 5.74) is -0.781. The van der Waals surface area contributed by atoms with Crippen LogP contribution in [-0.2, 0) is 19.2 Å². The fourth-order valence-electron chi connectivity index (χ4n) is 0.611. The van der Waals surface area contributed by atoms with E-state index in [0.29, 0.717) is 0 Å². The molecule has 0 saturated heterocycles. The van der Waals surface area contributed by atoms with Crippen LogP contribution in [0.3, 0.4) is 0 Å². The first kappa shape index (κ1) is 14.2. The largest absolute Gasteiger partial charge is 0.447 e. The molecule has 0 radical (unpaired) electrons. The number of oxime groups is 1. The highest BCUT2D eigenvalue weighted by Gasteiger charge is 2.23. The number of carbonyl (C=O) groups is 2. The summed E-state index contributed by atoms with van der Waals surface area (Å²) in [5.74, 6) is -1.80. The molecule has 0 amide bonds. The van der Waals surface area contributed by atoms with Gasteiger partial charge in [-0.05, 0) is 13.2 Å². The summed E-state index contributed by atoms with van der Waals surface area (Å²) in [6, 6.07) is 0. The van der Waals surface area contributed by atoms with Gasteiger partial charge in [-0.1, -0.05) is 5.16 Å². The Morgan fingerprint density at radius 2 is 2.13 bits per heavy atom. The fourth-order valence-corrected chi connectivity index (χ4v) is 0.921. The minimum Gasteiger partial charge on any atom is -0.447 e. The number of hydrogen-bond acceptors (Lipinski definition) is 6. The molecule has 0 N–H and O–H groups in total. The molecular weight excluding hydrogens is 242 g/mol. The van der Waals surface area contributed by atoms with Crippen molar-refractivity contribution in [1.82, 2.24) is 0 Å². The van der Waals surface area contributed by atoms with E-state index in [-0.39, 0.29) is 11.3 Å². The Hall–Kier alpha value is -0.750. The number of Topliss-reactive ketones (excluding diaryl/α,β-unsaturated/α-hetero) is 1. The van der Waals surface area contributed by atoms with Crippen molar-refractivity contribution in [3.05, 3.63) is 0 Å². The molecule has 0 aliphatic rings. The summed E-state index contributed by atoms with van der Waals surface area (Å²) in [7, 11) is 1.23. The molecule has 0 aromatic rings. The predicted molar refractivity (Wildman–Crippen MR) is 59.2 cm³/mol. The van der Waals surface area contributed by atoms with Crippen LogP contribution in [0, 0.1) is 0 Å². The SMILES string of the molecule is CO/N=C(/C(=O)CCl)C(=O)OC(C)SC. The molecule has 0 aromatic heterocycles. The molecule has 0 fully saturated rings. The Bertz CT molecular complexity index is 269. The minimum atomic E-state index is -0.829. The summed E-state index contributed by atoms with van der Waals surface area (Å²) in [6.07, 6.45) is 1.77. The molecule has 7 heteroatoms. The quantitative estimate of drug-likeness (QED) is 0.177. The number of alkyl halides is 1. The molecule has 15 heavy (non-hydrogen) atoms. The summed E-state index contributed by atoms with van der Waals surface area (Å²) >= 11 is 6.62. The summed E-state index contributed by atoms with van der Waals surface area (Å²) in [4.78, 5) is 26.9.